The van der Waals surface area contributed by atoms with Crippen molar-refractivity contribution in [1.82, 2.24) is 10.1 Å². The number of unbranched alkanes of at least 4 members (excludes halogenated alkanes) is 1. The summed E-state index contributed by atoms with van der Waals surface area (Å²) in [6.45, 7) is 3.83. The van der Waals surface area contributed by atoms with Gasteiger partial charge >= 0.3 is 12.4 Å². The van der Waals surface area contributed by atoms with Gasteiger partial charge in [-0.1, -0.05) is 44.0 Å². The summed E-state index contributed by atoms with van der Waals surface area (Å²) in [6, 6.07) is 7.89. The Kier molecular flexibility index (Phi) is 7.89. The minimum absolute atomic E-state index is 0.00362. The average Bonchev–Trinajstić information content (AvgIpc) is 3.27. The van der Waals surface area contributed by atoms with Crippen molar-refractivity contribution in [3.63, 3.8) is 0 Å². The maximum atomic E-state index is 13.7. The molecule has 0 unspecified atom stereocenters. The summed E-state index contributed by atoms with van der Waals surface area (Å²) in [5, 5.41) is 3.82. The lowest BCUT2D eigenvalue weighted by molar-refractivity contribution is -0.139. The minimum atomic E-state index is -4.69. The number of rotatable bonds is 9. The largest absolute Gasteiger partial charge is 0.493 e. The number of nitrogens with zero attached hydrogens (tertiary/aromatic N) is 2. The summed E-state index contributed by atoms with van der Waals surface area (Å²) < 4.78 is 89.5. The fourth-order valence-electron chi connectivity index (χ4n) is 3.34. The van der Waals surface area contributed by atoms with Crippen LogP contribution in [0.25, 0.3) is 11.4 Å². The Hall–Kier alpha value is -3.04. The molecule has 0 bridgehead atoms. The van der Waals surface area contributed by atoms with Gasteiger partial charge in [0.15, 0.2) is 0 Å². The van der Waals surface area contributed by atoms with Crippen molar-refractivity contribution in [2.45, 2.75) is 57.8 Å². The number of aromatic nitrogens is 2. The van der Waals surface area contributed by atoms with Gasteiger partial charge in [-0.2, -0.15) is 31.3 Å². The highest BCUT2D eigenvalue weighted by atomic mass is 19.4. The van der Waals surface area contributed by atoms with Crippen LogP contribution in [0, 0.1) is 0 Å². The molecule has 0 aliphatic heterocycles. The Labute approximate surface area is 192 Å². The molecule has 0 aliphatic carbocycles. The van der Waals surface area contributed by atoms with E-state index in [9.17, 15) is 26.3 Å². The van der Waals surface area contributed by atoms with E-state index in [4.69, 9.17) is 9.26 Å². The van der Waals surface area contributed by atoms with Crippen LogP contribution < -0.4 is 4.74 Å². The number of halogens is 6. The molecule has 184 valence electrons. The van der Waals surface area contributed by atoms with E-state index < -0.39 is 23.5 Å². The van der Waals surface area contributed by atoms with Crippen LogP contribution in [0.5, 0.6) is 5.75 Å². The van der Waals surface area contributed by atoms with Crippen LogP contribution in [0.2, 0.25) is 0 Å². The van der Waals surface area contributed by atoms with Gasteiger partial charge in [-0.3, -0.25) is 0 Å². The van der Waals surface area contributed by atoms with Crippen molar-refractivity contribution in [3.8, 4) is 17.1 Å². The third-order valence-corrected chi connectivity index (χ3v) is 5.33. The molecule has 1 aromatic heterocycles. The third kappa shape index (κ3) is 6.51. The van der Waals surface area contributed by atoms with Crippen LogP contribution in [-0.2, 0) is 18.8 Å². The van der Waals surface area contributed by atoms with E-state index >= 15 is 0 Å². The van der Waals surface area contributed by atoms with Crippen LogP contribution in [0.15, 0.2) is 47.0 Å². The van der Waals surface area contributed by atoms with Gasteiger partial charge in [0.1, 0.15) is 5.75 Å². The van der Waals surface area contributed by atoms with Crippen molar-refractivity contribution in [3.05, 3.63) is 65.0 Å². The van der Waals surface area contributed by atoms with Gasteiger partial charge in [0, 0.05) is 17.9 Å². The van der Waals surface area contributed by atoms with E-state index in [0.717, 1.165) is 37.5 Å². The highest BCUT2D eigenvalue weighted by Gasteiger charge is 2.35. The Morgan fingerprint density at radius 3 is 2.29 bits per heavy atom. The molecule has 3 rings (SSSR count). The third-order valence-electron chi connectivity index (χ3n) is 5.33. The molecule has 34 heavy (non-hydrogen) atoms. The van der Waals surface area contributed by atoms with Crippen molar-refractivity contribution in [2.24, 2.45) is 0 Å². The molecule has 0 saturated carbocycles. The second-order valence-electron chi connectivity index (χ2n) is 8.00. The number of alkyl halides is 6. The molecular formula is C24H24F6N2O2. The maximum Gasteiger partial charge on any atom is 0.419 e. The van der Waals surface area contributed by atoms with E-state index in [0.29, 0.717) is 11.5 Å². The van der Waals surface area contributed by atoms with Gasteiger partial charge in [-0.05, 0) is 42.3 Å². The predicted octanol–water partition coefficient (Wildman–Crippen LogP) is 7.69. The lowest BCUT2D eigenvalue weighted by Crippen LogP contribution is -2.11. The van der Waals surface area contributed by atoms with Crippen LogP contribution >= 0.6 is 0 Å². The Morgan fingerprint density at radius 1 is 0.971 bits per heavy atom. The first kappa shape index (κ1) is 25.6. The van der Waals surface area contributed by atoms with Gasteiger partial charge in [0.2, 0.25) is 11.7 Å². The highest BCUT2D eigenvalue weighted by molar-refractivity contribution is 5.59. The molecule has 0 fully saturated rings. The number of hydrogen-bond acceptors (Lipinski definition) is 4. The lowest BCUT2D eigenvalue weighted by atomic mass is 10.0. The summed E-state index contributed by atoms with van der Waals surface area (Å²) >= 11 is 0. The summed E-state index contributed by atoms with van der Waals surface area (Å²) in [7, 11) is 0. The van der Waals surface area contributed by atoms with E-state index in [2.05, 4.69) is 17.1 Å². The van der Waals surface area contributed by atoms with Crippen molar-refractivity contribution in [2.75, 3.05) is 6.61 Å². The number of ether oxygens (including phenoxy) is 1. The van der Waals surface area contributed by atoms with E-state index in [1.54, 1.807) is 0 Å². The lowest BCUT2D eigenvalue weighted by Gasteiger charge is -2.15. The Bertz CT molecular complexity index is 1070. The van der Waals surface area contributed by atoms with Crippen molar-refractivity contribution >= 4 is 0 Å². The standard InChI is InChI=1S/C24H24F6N2O2/c1-3-4-5-15(2)22-31-21(32-34-22)17-8-11-20(19(14-17)24(28,29)30)33-13-12-16-6-9-18(10-7-16)23(25,26)27/h6-11,14-15H,3-5,12-13H2,1-2H3/t15-/m0/s1. The molecule has 0 saturated heterocycles. The van der Waals surface area contributed by atoms with E-state index in [-0.39, 0.29) is 36.1 Å². The first-order valence-corrected chi connectivity index (χ1v) is 10.8. The van der Waals surface area contributed by atoms with Gasteiger partial charge in [-0.25, -0.2) is 0 Å². The quantitative estimate of drug-likeness (QED) is 0.291. The molecular weight excluding hydrogens is 462 g/mol. The van der Waals surface area contributed by atoms with E-state index in [1.165, 1.54) is 24.3 Å². The summed E-state index contributed by atoms with van der Waals surface area (Å²) in [5.74, 6) is 0.0355. The molecule has 1 heterocycles. The minimum Gasteiger partial charge on any atom is -0.493 e. The maximum absolute atomic E-state index is 13.7. The second kappa shape index (κ2) is 10.5. The number of hydrogen-bond donors (Lipinski definition) is 0. The van der Waals surface area contributed by atoms with E-state index in [1.807, 2.05) is 6.92 Å². The van der Waals surface area contributed by atoms with Crippen LogP contribution in [-0.4, -0.2) is 16.7 Å². The van der Waals surface area contributed by atoms with Crippen molar-refractivity contribution < 1.29 is 35.6 Å². The van der Waals surface area contributed by atoms with Crippen LogP contribution in [0.1, 0.15) is 61.6 Å². The van der Waals surface area contributed by atoms with Gasteiger partial charge < -0.3 is 9.26 Å². The van der Waals surface area contributed by atoms with Crippen molar-refractivity contribution in [1.29, 1.82) is 0 Å². The molecule has 0 spiro atoms. The first-order valence-electron chi connectivity index (χ1n) is 10.8. The summed E-state index contributed by atoms with van der Waals surface area (Å²) in [5.41, 5.74) is -1.14. The highest BCUT2D eigenvalue weighted by Crippen LogP contribution is 2.39. The zero-order valence-corrected chi connectivity index (χ0v) is 18.6. The fourth-order valence-corrected chi connectivity index (χ4v) is 3.34. The molecule has 0 radical (unpaired) electrons. The van der Waals surface area contributed by atoms with Crippen LogP contribution in [0.4, 0.5) is 26.3 Å². The topological polar surface area (TPSA) is 48.2 Å². The molecule has 0 amide bonds. The monoisotopic (exact) mass is 486 g/mol. The molecule has 0 N–H and O–H groups in total. The molecule has 10 heteroatoms. The summed E-state index contributed by atoms with van der Waals surface area (Å²) in [4.78, 5) is 4.25. The molecule has 0 aliphatic rings. The van der Waals surface area contributed by atoms with Gasteiger partial charge in [-0.15, -0.1) is 0 Å². The zero-order valence-electron chi connectivity index (χ0n) is 18.6. The normalized spacial score (nSPS) is 13.2. The fraction of sp³-hybridized carbons (Fsp3) is 0.417. The Balaban J connectivity index is 1.72. The summed E-state index contributed by atoms with van der Waals surface area (Å²) in [6.07, 6.45) is -6.21. The predicted molar refractivity (Wildman–Crippen MR) is 113 cm³/mol. The molecule has 2 aromatic carbocycles. The van der Waals surface area contributed by atoms with Gasteiger partial charge in [0.25, 0.3) is 0 Å². The molecule has 3 aromatic rings. The van der Waals surface area contributed by atoms with Gasteiger partial charge in [0.05, 0.1) is 17.7 Å². The zero-order chi connectivity index (χ0) is 24.9. The first-order chi connectivity index (χ1) is 16.0. The number of benzene rings is 2. The smallest absolute Gasteiger partial charge is 0.419 e. The molecule has 4 nitrogen and oxygen atoms in total. The Morgan fingerprint density at radius 2 is 1.68 bits per heavy atom. The SMILES string of the molecule is CCCC[C@H](C)c1nc(-c2ccc(OCCc3ccc(C(F)(F)F)cc3)c(C(F)(F)F)c2)no1. The molecule has 1 atom stereocenters. The van der Waals surface area contributed by atoms with Crippen LogP contribution in [0.3, 0.4) is 0 Å². The second-order valence-corrected chi connectivity index (χ2v) is 8.00. The average molecular weight is 486 g/mol.